The van der Waals surface area contributed by atoms with E-state index in [1.807, 2.05) is 18.2 Å². The fourth-order valence-corrected chi connectivity index (χ4v) is 3.80. The van der Waals surface area contributed by atoms with Gasteiger partial charge in [-0.15, -0.1) is 0 Å². The summed E-state index contributed by atoms with van der Waals surface area (Å²) in [6.07, 6.45) is 3.83. The highest BCUT2D eigenvalue weighted by molar-refractivity contribution is 5.79. The highest BCUT2D eigenvalue weighted by atomic mass is 16.4. The second-order valence-electron chi connectivity index (χ2n) is 7.30. The average molecular weight is 379 g/mol. The number of nitrogens with one attached hydrogen (secondary N) is 1. The lowest BCUT2D eigenvalue weighted by Crippen LogP contribution is -2.32. The molecule has 6 nitrogen and oxygen atoms in total. The minimum atomic E-state index is -0.512. The molecule has 1 saturated heterocycles. The van der Waals surface area contributed by atoms with E-state index in [0.717, 1.165) is 25.2 Å². The van der Waals surface area contributed by atoms with Crippen LogP contribution in [0.2, 0.25) is 0 Å². The van der Waals surface area contributed by atoms with Crippen molar-refractivity contribution in [1.29, 1.82) is 0 Å². The number of para-hydroxylation sites is 2. The summed E-state index contributed by atoms with van der Waals surface area (Å²) in [5, 5.41) is 2.95. The van der Waals surface area contributed by atoms with Gasteiger partial charge in [0.15, 0.2) is 5.58 Å². The third-order valence-corrected chi connectivity index (χ3v) is 5.31. The molecule has 28 heavy (non-hydrogen) atoms. The second-order valence-corrected chi connectivity index (χ2v) is 7.30. The van der Waals surface area contributed by atoms with Crippen molar-refractivity contribution in [2.45, 2.75) is 38.9 Å². The van der Waals surface area contributed by atoms with E-state index in [1.165, 1.54) is 29.4 Å². The standard InChI is InChI=1S/C22H25N3O3/c26-21(16-25-19-10-4-5-11-20(19)28-22(25)27)23-14-17-8-2-3-9-18(17)15-24-12-6-1-7-13-24/h2-5,8-11H,1,6-7,12-16H2,(H,23,26). The van der Waals surface area contributed by atoms with Crippen LogP contribution in [-0.4, -0.2) is 28.5 Å². The molecule has 0 aliphatic carbocycles. The zero-order valence-corrected chi connectivity index (χ0v) is 15.9. The van der Waals surface area contributed by atoms with E-state index in [1.54, 1.807) is 18.2 Å². The van der Waals surface area contributed by atoms with Crippen LogP contribution in [0.3, 0.4) is 0 Å². The molecular formula is C22H25N3O3. The number of carbonyl (C=O) groups is 1. The minimum absolute atomic E-state index is 0.0514. The summed E-state index contributed by atoms with van der Waals surface area (Å²) >= 11 is 0. The smallest absolute Gasteiger partial charge is 0.408 e. The number of nitrogens with zero attached hydrogens (tertiary/aromatic N) is 2. The third kappa shape index (κ3) is 4.17. The Morgan fingerprint density at radius 2 is 1.68 bits per heavy atom. The van der Waals surface area contributed by atoms with E-state index in [9.17, 15) is 9.59 Å². The van der Waals surface area contributed by atoms with E-state index in [-0.39, 0.29) is 12.5 Å². The van der Waals surface area contributed by atoms with Gasteiger partial charge in [0, 0.05) is 13.1 Å². The number of aromatic nitrogens is 1. The Bertz CT molecular complexity index is 1020. The summed E-state index contributed by atoms with van der Waals surface area (Å²) in [5.41, 5.74) is 3.49. The first-order chi connectivity index (χ1) is 13.7. The Hall–Kier alpha value is -2.86. The van der Waals surface area contributed by atoms with Crippen LogP contribution in [0.5, 0.6) is 0 Å². The summed E-state index contributed by atoms with van der Waals surface area (Å²) in [7, 11) is 0. The maximum absolute atomic E-state index is 12.5. The van der Waals surface area contributed by atoms with Crippen molar-refractivity contribution in [3.63, 3.8) is 0 Å². The van der Waals surface area contributed by atoms with Crippen LogP contribution < -0.4 is 11.1 Å². The van der Waals surface area contributed by atoms with Crippen LogP contribution >= 0.6 is 0 Å². The molecule has 4 rings (SSSR count). The van der Waals surface area contributed by atoms with Crippen LogP contribution in [0.25, 0.3) is 11.1 Å². The zero-order valence-electron chi connectivity index (χ0n) is 15.9. The summed E-state index contributed by atoms with van der Waals surface area (Å²) < 4.78 is 6.55. The highest BCUT2D eigenvalue weighted by Gasteiger charge is 2.14. The number of hydrogen-bond donors (Lipinski definition) is 1. The summed E-state index contributed by atoms with van der Waals surface area (Å²) in [6, 6.07) is 15.3. The lowest BCUT2D eigenvalue weighted by molar-refractivity contribution is -0.121. The number of carbonyl (C=O) groups excluding carboxylic acids is 1. The molecule has 146 valence electrons. The Labute approximate surface area is 163 Å². The Morgan fingerprint density at radius 1 is 0.964 bits per heavy atom. The molecule has 1 fully saturated rings. The van der Waals surface area contributed by atoms with Gasteiger partial charge in [-0.2, -0.15) is 0 Å². The molecule has 0 atom stereocenters. The maximum Gasteiger partial charge on any atom is 0.420 e. The molecule has 2 heterocycles. The summed E-state index contributed by atoms with van der Waals surface area (Å²) in [4.78, 5) is 27.0. The lowest BCUT2D eigenvalue weighted by Gasteiger charge is -2.27. The number of hydrogen-bond acceptors (Lipinski definition) is 4. The van der Waals surface area contributed by atoms with Crippen LogP contribution in [0.4, 0.5) is 0 Å². The minimum Gasteiger partial charge on any atom is -0.408 e. The Morgan fingerprint density at radius 3 is 2.50 bits per heavy atom. The highest BCUT2D eigenvalue weighted by Crippen LogP contribution is 2.16. The van der Waals surface area contributed by atoms with Crippen LogP contribution in [0.15, 0.2) is 57.7 Å². The number of piperidine rings is 1. The van der Waals surface area contributed by atoms with Gasteiger partial charge in [0.05, 0.1) is 5.52 Å². The van der Waals surface area contributed by atoms with Gasteiger partial charge in [-0.1, -0.05) is 42.8 Å². The lowest BCUT2D eigenvalue weighted by atomic mass is 10.0. The number of oxazole rings is 1. The predicted molar refractivity (Wildman–Crippen MR) is 108 cm³/mol. The molecule has 0 bridgehead atoms. The Balaban J connectivity index is 1.41. The molecule has 1 aromatic heterocycles. The van der Waals surface area contributed by atoms with E-state index in [0.29, 0.717) is 17.6 Å². The second kappa shape index (κ2) is 8.44. The maximum atomic E-state index is 12.5. The molecule has 3 aromatic rings. The normalized spacial score (nSPS) is 15.0. The number of benzene rings is 2. The van der Waals surface area contributed by atoms with Gasteiger partial charge in [0.25, 0.3) is 0 Å². The first-order valence-electron chi connectivity index (χ1n) is 9.85. The average Bonchev–Trinajstić information content (AvgIpc) is 3.03. The molecule has 0 saturated carbocycles. The van der Waals surface area contributed by atoms with E-state index < -0.39 is 5.76 Å². The predicted octanol–water partition coefficient (Wildman–Crippen LogP) is 2.90. The van der Waals surface area contributed by atoms with E-state index >= 15 is 0 Å². The SMILES string of the molecule is O=C(Cn1c(=O)oc2ccccc21)NCc1ccccc1CN1CCCCC1. The van der Waals surface area contributed by atoms with E-state index in [2.05, 4.69) is 22.3 Å². The molecule has 0 spiro atoms. The number of amides is 1. The Kier molecular flexibility index (Phi) is 5.58. The first-order valence-corrected chi connectivity index (χ1v) is 9.85. The first kappa shape index (κ1) is 18.5. The number of fused-ring (bicyclic) bond motifs is 1. The van der Waals surface area contributed by atoms with Crippen LogP contribution in [0.1, 0.15) is 30.4 Å². The molecule has 0 unspecified atom stereocenters. The van der Waals surface area contributed by atoms with Gasteiger partial charge in [-0.25, -0.2) is 4.79 Å². The van der Waals surface area contributed by atoms with Gasteiger partial charge < -0.3 is 9.73 Å². The van der Waals surface area contributed by atoms with Gasteiger partial charge in [-0.05, 0) is 49.2 Å². The molecule has 1 aliphatic rings. The molecule has 1 aliphatic heterocycles. The van der Waals surface area contributed by atoms with Gasteiger partial charge >= 0.3 is 5.76 Å². The zero-order chi connectivity index (χ0) is 19.3. The monoisotopic (exact) mass is 379 g/mol. The summed E-state index contributed by atoms with van der Waals surface area (Å²) in [5.74, 6) is -0.719. The van der Waals surface area contributed by atoms with Crippen molar-refractivity contribution < 1.29 is 9.21 Å². The largest absolute Gasteiger partial charge is 0.420 e. The topological polar surface area (TPSA) is 67.5 Å². The molecular weight excluding hydrogens is 354 g/mol. The van der Waals surface area contributed by atoms with Crippen LogP contribution in [0, 0.1) is 0 Å². The van der Waals surface area contributed by atoms with Crippen molar-refractivity contribution in [1.82, 2.24) is 14.8 Å². The number of rotatable bonds is 6. The fourth-order valence-electron chi connectivity index (χ4n) is 3.80. The van der Waals surface area contributed by atoms with Crippen molar-refractivity contribution in [3.05, 3.63) is 70.2 Å². The van der Waals surface area contributed by atoms with Crippen molar-refractivity contribution in [3.8, 4) is 0 Å². The van der Waals surface area contributed by atoms with Crippen LogP contribution in [-0.2, 0) is 24.4 Å². The fraction of sp³-hybridized carbons (Fsp3) is 0.364. The van der Waals surface area contributed by atoms with Gasteiger partial charge in [-0.3, -0.25) is 14.3 Å². The van der Waals surface area contributed by atoms with Gasteiger partial charge in [0.2, 0.25) is 5.91 Å². The van der Waals surface area contributed by atoms with Crippen molar-refractivity contribution in [2.24, 2.45) is 0 Å². The van der Waals surface area contributed by atoms with Gasteiger partial charge in [0.1, 0.15) is 6.54 Å². The third-order valence-electron chi connectivity index (χ3n) is 5.31. The van der Waals surface area contributed by atoms with Crippen molar-refractivity contribution in [2.75, 3.05) is 13.1 Å². The molecule has 1 N–H and O–H groups in total. The molecule has 2 aromatic carbocycles. The molecule has 6 heteroatoms. The number of likely N-dealkylation sites (tertiary alicyclic amines) is 1. The summed E-state index contributed by atoms with van der Waals surface area (Å²) in [6.45, 7) is 3.59. The molecule has 1 amide bonds. The van der Waals surface area contributed by atoms with Crippen molar-refractivity contribution >= 4 is 17.0 Å². The molecule has 0 radical (unpaired) electrons. The van der Waals surface area contributed by atoms with E-state index in [4.69, 9.17) is 4.42 Å². The quantitative estimate of drug-likeness (QED) is 0.715.